The highest BCUT2D eigenvalue weighted by molar-refractivity contribution is 5.98. The van der Waals surface area contributed by atoms with Gasteiger partial charge < -0.3 is 20.1 Å². The van der Waals surface area contributed by atoms with Crippen molar-refractivity contribution in [1.82, 2.24) is 10.7 Å². The van der Waals surface area contributed by atoms with E-state index >= 15 is 0 Å². The molecular weight excluding hydrogens is 510 g/mol. The fourth-order valence-corrected chi connectivity index (χ4v) is 3.42. The van der Waals surface area contributed by atoms with E-state index in [2.05, 4.69) is 21.2 Å². The fourth-order valence-electron chi connectivity index (χ4n) is 3.42. The molecule has 0 radical (unpaired) electrons. The van der Waals surface area contributed by atoms with Crippen molar-refractivity contribution in [2.75, 3.05) is 19.0 Å². The molecule has 0 bridgehead atoms. The third kappa shape index (κ3) is 8.09. The van der Waals surface area contributed by atoms with Crippen LogP contribution in [-0.2, 0) is 9.59 Å². The molecule has 3 aromatic carbocycles. The first-order valence-corrected chi connectivity index (χ1v) is 11.9. The van der Waals surface area contributed by atoms with E-state index in [1.54, 1.807) is 38.1 Å². The van der Waals surface area contributed by atoms with Gasteiger partial charge in [0.25, 0.3) is 17.7 Å². The van der Waals surface area contributed by atoms with Gasteiger partial charge in [-0.25, -0.2) is 14.2 Å². The predicted molar refractivity (Wildman–Crippen MR) is 142 cm³/mol. The summed E-state index contributed by atoms with van der Waals surface area (Å²) in [7, 11) is 1.41. The molecule has 1 atom stereocenters. The largest absolute Gasteiger partial charge is 0.493 e. The van der Waals surface area contributed by atoms with Crippen LogP contribution >= 0.6 is 0 Å². The second-order valence-corrected chi connectivity index (χ2v) is 8.64. The molecule has 0 aromatic heterocycles. The number of methoxy groups -OCH3 is 1. The Kier molecular flexibility index (Phi) is 10.1. The first-order chi connectivity index (χ1) is 18.7. The SMILES string of the molecule is COc1cc(/C=N/NC(=O)C(NC(=O)c2ccccc2F)C(C)C)ccc1OCC(=O)Nc1ccccc1F. The van der Waals surface area contributed by atoms with Gasteiger partial charge in [0.05, 0.1) is 24.6 Å². The number of hydrogen-bond donors (Lipinski definition) is 3. The molecule has 0 aliphatic heterocycles. The fraction of sp³-hybridized carbons (Fsp3) is 0.214. The number of benzene rings is 3. The molecule has 0 saturated heterocycles. The van der Waals surface area contributed by atoms with Crippen molar-refractivity contribution in [2.24, 2.45) is 11.0 Å². The van der Waals surface area contributed by atoms with Crippen molar-refractivity contribution >= 4 is 29.6 Å². The molecule has 3 rings (SSSR count). The van der Waals surface area contributed by atoms with Crippen LogP contribution in [0.15, 0.2) is 71.8 Å². The lowest BCUT2D eigenvalue weighted by molar-refractivity contribution is -0.124. The summed E-state index contributed by atoms with van der Waals surface area (Å²) in [6, 6.07) is 15.0. The molecule has 0 spiro atoms. The average Bonchev–Trinajstić information content (AvgIpc) is 2.92. The summed E-state index contributed by atoms with van der Waals surface area (Å²) in [6.45, 7) is 3.08. The molecule has 9 nitrogen and oxygen atoms in total. The molecule has 3 N–H and O–H groups in total. The molecule has 0 fully saturated rings. The van der Waals surface area contributed by atoms with E-state index < -0.39 is 35.4 Å². The Balaban J connectivity index is 1.58. The third-order valence-corrected chi connectivity index (χ3v) is 5.44. The lowest BCUT2D eigenvalue weighted by Crippen LogP contribution is -2.48. The van der Waals surface area contributed by atoms with E-state index in [-0.39, 0.29) is 29.5 Å². The number of nitrogens with zero attached hydrogens (tertiary/aromatic N) is 1. The summed E-state index contributed by atoms with van der Waals surface area (Å²) in [4.78, 5) is 37.2. The summed E-state index contributed by atoms with van der Waals surface area (Å²) in [5, 5.41) is 8.89. The number of amides is 3. The second kappa shape index (κ2) is 13.7. The van der Waals surface area contributed by atoms with E-state index in [0.29, 0.717) is 11.3 Å². The van der Waals surface area contributed by atoms with Crippen molar-refractivity contribution in [3.05, 3.63) is 89.5 Å². The number of anilines is 1. The Labute approximate surface area is 224 Å². The maximum atomic E-state index is 13.9. The topological polar surface area (TPSA) is 118 Å². The minimum Gasteiger partial charge on any atom is -0.493 e. The van der Waals surface area contributed by atoms with Gasteiger partial charge in [-0.15, -0.1) is 0 Å². The van der Waals surface area contributed by atoms with Gasteiger partial charge in [-0.2, -0.15) is 5.10 Å². The Morgan fingerprint density at radius 2 is 1.64 bits per heavy atom. The lowest BCUT2D eigenvalue weighted by Gasteiger charge is -2.20. The summed E-state index contributed by atoms with van der Waals surface area (Å²) >= 11 is 0. The van der Waals surface area contributed by atoms with Crippen LogP contribution in [-0.4, -0.2) is 43.7 Å². The number of hydrazone groups is 1. The Morgan fingerprint density at radius 1 is 0.949 bits per heavy atom. The Morgan fingerprint density at radius 3 is 2.31 bits per heavy atom. The van der Waals surface area contributed by atoms with Crippen LogP contribution in [0.25, 0.3) is 0 Å². The number of nitrogens with one attached hydrogen (secondary N) is 3. The monoisotopic (exact) mass is 538 g/mol. The van der Waals surface area contributed by atoms with Crippen LogP contribution in [0.1, 0.15) is 29.8 Å². The number of carbonyl (C=O) groups excluding carboxylic acids is 3. The molecule has 204 valence electrons. The average molecular weight is 539 g/mol. The molecule has 0 saturated carbocycles. The zero-order valence-electron chi connectivity index (χ0n) is 21.5. The first-order valence-electron chi connectivity index (χ1n) is 11.9. The summed E-state index contributed by atoms with van der Waals surface area (Å²) in [6.07, 6.45) is 1.35. The molecule has 3 amide bonds. The molecule has 0 aliphatic carbocycles. The quantitative estimate of drug-likeness (QED) is 0.253. The summed E-state index contributed by atoms with van der Waals surface area (Å²) < 4.78 is 38.4. The highest BCUT2D eigenvalue weighted by Gasteiger charge is 2.25. The number of rotatable bonds is 11. The minimum absolute atomic E-state index is 0.0400. The van der Waals surface area contributed by atoms with Gasteiger partial charge in [-0.1, -0.05) is 38.1 Å². The number of carbonyl (C=O) groups is 3. The van der Waals surface area contributed by atoms with Crippen molar-refractivity contribution < 1.29 is 32.6 Å². The number of hydrogen-bond acceptors (Lipinski definition) is 6. The van der Waals surface area contributed by atoms with Crippen molar-refractivity contribution in [1.29, 1.82) is 0 Å². The van der Waals surface area contributed by atoms with E-state index in [9.17, 15) is 23.2 Å². The predicted octanol–water partition coefficient (Wildman–Crippen LogP) is 3.90. The number of para-hydroxylation sites is 1. The number of ether oxygens (including phenoxy) is 2. The van der Waals surface area contributed by atoms with Gasteiger partial charge in [0, 0.05) is 0 Å². The summed E-state index contributed by atoms with van der Waals surface area (Å²) in [5.74, 6) is -2.86. The molecule has 39 heavy (non-hydrogen) atoms. The van der Waals surface area contributed by atoms with E-state index in [1.165, 1.54) is 49.7 Å². The second-order valence-electron chi connectivity index (χ2n) is 8.64. The summed E-state index contributed by atoms with van der Waals surface area (Å²) in [5.41, 5.74) is 2.78. The van der Waals surface area contributed by atoms with Gasteiger partial charge in [0.15, 0.2) is 18.1 Å². The standard InChI is InChI=1S/C28H28F2N4O5/c1-17(2)26(33-27(36)19-8-4-5-9-20(19)29)28(37)34-31-15-18-12-13-23(24(14-18)38-3)39-16-25(35)32-22-11-7-6-10-21(22)30/h4-15,17,26H,16H2,1-3H3,(H,32,35)(H,33,36)(H,34,37)/b31-15+. The zero-order valence-corrected chi connectivity index (χ0v) is 21.5. The van der Waals surface area contributed by atoms with Crippen LogP contribution in [0.3, 0.4) is 0 Å². The van der Waals surface area contributed by atoms with E-state index in [4.69, 9.17) is 9.47 Å². The van der Waals surface area contributed by atoms with Crippen molar-refractivity contribution in [2.45, 2.75) is 19.9 Å². The van der Waals surface area contributed by atoms with Gasteiger partial charge in [-0.05, 0) is 53.9 Å². The molecule has 3 aromatic rings. The smallest absolute Gasteiger partial charge is 0.262 e. The highest BCUT2D eigenvalue weighted by atomic mass is 19.1. The number of halogens is 2. The zero-order chi connectivity index (χ0) is 28.4. The maximum Gasteiger partial charge on any atom is 0.262 e. The van der Waals surface area contributed by atoms with Gasteiger partial charge >= 0.3 is 0 Å². The Bertz CT molecular complexity index is 1360. The highest BCUT2D eigenvalue weighted by Crippen LogP contribution is 2.27. The van der Waals surface area contributed by atoms with Crippen molar-refractivity contribution in [3.63, 3.8) is 0 Å². The normalized spacial score (nSPS) is 11.6. The molecular formula is C28H28F2N4O5. The minimum atomic E-state index is -0.963. The van der Waals surface area contributed by atoms with Gasteiger partial charge in [-0.3, -0.25) is 14.4 Å². The van der Waals surface area contributed by atoms with Gasteiger partial charge in [0.2, 0.25) is 0 Å². The maximum absolute atomic E-state index is 13.9. The van der Waals surface area contributed by atoms with E-state index in [0.717, 1.165) is 6.07 Å². The van der Waals surface area contributed by atoms with Crippen LogP contribution in [0, 0.1) is 17.6 Å². The third-order valence-electron chi connectivity index (χ3n) is 5.44. The molecule has 0 heterocycles. The van der Waals surface area contributed by atoms with E-state index in [1.807, 2.05) is 0 Å². The Hall–Kier alpha value is -4.80. The van der Waals surface area contributed by atoms with Gasteiger partial charge in [0.1, 0.15) is 17.7 Å². The van der Waals surface area contributed by atoms with Crippen LogP contribution in [0.2, 0.25) is 0 Å². The van der Waals surface area contributed by atoms with Crippen LogP contribution in [0.4, 0.5) is 14.5 Å². The van der Waals surface area contributed by atoms with Crippen LogP contribution in [0.5, 0.6) is 11.5 Å². The lowest BCUT2D eigenvalue weighted by atomic mass is 10.0. The molecule has 1 unspecified atom stereocenters. The first kappa shape index (κ1) is 28.8. The molecule has 0 aliphatic rings. The van der Waals surface area contributed by atoms with Crippen LogP contribution < -0.4 is 25.5 Å². The van der Waals surface area contributed by atoms with Crippen molar-refractivity contribution in [3.8, 4) is 11.5 Å². The molecule has 11 heteroatoms.